The molecule has 0 unspecified atom stereocenters. The molecule has 1 aromatic heterocycles. The first-order chi connectivity index (χ1) is 5.27. The average Bonchev–Trinajstić information content (AvgIpc) is 2.50. The molecular weight excluding hydrogens is 156 g/mol. The molecule has 0 saturated heterocycles. The monoisotopic (exact) mass is 170 g/mol. The Balaban J connectivity index is 2.71. The van der Waals surface area contributed by atoms with Crippen LogP contribution in [-0.4, -0.2) is 11.2 Å². The first-order valence-corrected chi connectivity index (χ1v) is 4.98. The zero-order chi connectivity index (χ0) is 8.27. The second-order valence-electron chi connectivity index (χ2n) is 2.52. The fourth-order valence-corrected chi connectivity index (χ4v) is 1.39. The minimum atomic E-state index is 0.187. The van der Waals surface area contributed by atoms with Crippen LogP contribution in [0.4, 0.5) is 0 Å². The zero-order valence-electron chi connectivity index (χ0n) is 6.92. The molecule has 3 heteroatoms. The maximum absolute atomic E-state index is 5.83. The number of hydrogen-bond acceptors (Lipinski definition) is 2. The number of aromatic amines is 1. The Labute approximate surface area is 71.6 Å². The summed E-state index contributed by atoms with van der Waals surface area (Å²) >= 11 is 1.71. The van der Waals surface area contributed by atoms with Crippen LogP contribution in [0, 0.1) is 0 Å². The van der Waals surface area contributed by atoms with E-state index in [0.29, 0.717) is 0 Å². The van der Waals surface area contributed by atoms with Gasteiger partial charge in [-0.15, -0.1) is 11.8 Å². The van der Waals surface area contributed by atoms with Crippen molar-refractivity contribution in [1.82, 2.24) is 4.98 Å². The summed E-state index contributed by atoms with van der Waals surface area (Å²) < 4.78 is 0. The van der Waals surface area contributed by atoms with Crippen molar-refractivity contribution in [2.45, 2.75) is 24.4 Å². The van der Waals surface area contributed by atoms with E-state index >= 15 is 0 Å². The molecule has 1 heterocycles. The highest BCUT2D eigenvalue weighted by Gasteiger charge is 2.04. The molecule has 11 heavy (non-hydrogen) atoms. The topological polar surface area (TPSA) is 41.8 Å². The van der Waals surface area contributed by atoms with E-state index in [0.717, 1.165) is 6.42 Å². The molecule has 1 rings (SSSR count). The van der Waals surface area contributed by atoms with E-state index < -0.39 is 0 Å². The van der Waals surface area contributed by atoms with Gasteiger partial charge in [-0.25, -0.2) is 0 Å². The number of aromatic nitrogens is 1. The van der Waals surface area contributed by atoms with Crippen molar-refractivity contribution in [2.75, 3.05) is 6.26 Å². The van der Waals surface area contributed by atoms with Gasteiger partial charge >= 0.3 is 0 Å². The summed E-state index contributed by atoms with van der Waals surface area (Å²) in [5.41, 5.74) is 7.04. The van der Waals surface area contributed by atoms with Gasteiger partial charge in [0.15, 0.2) is 0 Å². The quantitative estimate of drug-likeness (QED) is 0.682. The molecule has 0 amide bonds. The Morgan fingerprint density at radius 2 is 2.45 bits per heavy atom. The summed E-state index contributed by atoms with van der Waals surface area (Å²) in [5.74, 6) is 0. The van der Waals surface area contributed by atoms with Gasteiger partial charge in [0.2, 0.25) is 0 Å². The van der Waals surface area contributed by atoms with Crippen molar-refractivity contribution in [3.8, 4) is 0 Å². The third-order valence-electron chi connectivity index (χ3n) is 1.77. The summed E-state index contributed by atoms with van der Waals surface area (Å²) in [4.78, 5) is 3.15. The molecular formula is C8H14N2S. The molecule has 1 atom stereocenters. The molecule has 3 N–H and O–H groups in total. The van der Waals surface area contributed by atoms with E-state index in [2.05, 4.69) is 18.0 Å². The van der Waals surface area contributed by atoms with E-state index in [1.807, 2.05) is 12.5 Å². The van der Waals surface area contributed by atoms with E-state index in [9.17, 15) is 0 Å². The van der Waals surface area contributed by atoms with Gasteiger partial charge in [-0.05, 0) is 24.3 Å². The lowest BCUT2D eigenvalue weighted by Crippen LogP contribution is -2.06. The van der Waals surface area contributed by atoms with Crippen LogP contribution < -0.4 is 5.73 Å². The van der Waals surface area contributed by atoms with Crippen molar-refractivity contribution >= 4 is 11.8 Å². The van der Waals surface area contributed by atoms with Crippen LogP contribution in [0.5, 0.6) is 0 Å². The Morgan fingerprint density at radius 3 is 2.91 bits per heavy atom. The third kappa shape index (κ3) is 2.01. The van der Waals surface area contributed by atoms with Crippen molar-refractivity contribution in [1.29, 1.82) is 0 Å². The Kier molecular flexibility index (Phi) is 3.02. The highest BCUT2D eigenvalue weighted by atomic mass is 32.2. The summed E-state index contributed by atoms with van der Waals surface area (Å²) in [7, 11) is 0. The van der Waals surface area contributed by atoms with Gasteiger partial charge in [-0.1, -0.05) is 6.92 Å². The van der Waals surface area contributed by atoms with Crippen molar-refractivity contribution in [2.24, 2.45) is 5.73 Å². The van der Waals surface area contributed by atoms with Crippen molar-refractivity contribution in [3.63, 3.8) is 0 Å². The number of rotatable bonds is 3. The first-order valence-electron chi connectivity index (χ1n) is 3.75. The maximum Gasteiger partial charge on any atom is 0.0722 e. The second kappa shape index (κ2) is 3.83. The molecule has 0 aromatic carbocycles. The number of nitrogens with one attached hydrogen (secondary N) is 1. The predicted molar refractivity (Wildman–Crippen MR) is 49.8 cm³/mol. The van der Waals surface area contributed by atoms with E-state index in [4.69, 9.17) is 5.73 Å². The van der Waals surface area contributed by atoms with Gasteiger partial charge < -0.3 is 10.7 Å². The minimum absolute atomic E-state index is 0.187. The molecule has 0 aliphatic heterocycles. The number of H-pyrrole nitrogens is 1. The van der Waals surface area contributed by atoms with Gasteiger partial charge in [0, 0.05) is 12.2 Å². The Hall–Kier alpha value is -0.410. The molecule has 0 aliphatic rings. The molecule has 0 radical (unpaired) electrons. The second-order valence-corrected chi connectivity index (χ2v) is 3.36. The lowest BCUT2D eigenvalue weighted by Gasteiger charge is -2.03. The number of nitrogens with two attached hydrogens (primary N) is 1. The van der Waals surface area contributed by atoms with E-state index in [-0.39, 0.29) is 6.04 Å². The molecule has 2 nitrogen and oxygen atoms in total. The van der Waals surface area contributed by atoms with Crippen LogP contribution in [0.15, 0.2) is 17.3 Å². The fraction of sp³-hybridized carbons (Fsp3) is 0.500. The van der Waals surface area contributed by atoms with E-state index in [1.54, 1.807) is 11.8 Å². The van der Waals surface area contributed by atoms with Gasteiger partial charge in [-0.2, -0.15) is 0 Å². The van der Waals surface area contributed by atoms with Crippen LogP contribution in [-0.2, 0) is 0 Å². The average molecular weight is 170 g/mol. The molecule has 0 fully saturated rings. The maximum atomic E-state index is 5.83. The van der Waals surface area contributed by atoms with E-state index in [1.165, 1.54) is 10.6 Å². The summed E-state index contributed by atoms with van der Waals surface area (Å²) in [6, 6.07) is 2.30. The SMILES string of the molecule is CC[C@H](N)c1c[nH]c(SC)c1. The highest BCUT2D eigenvalue weighted by molar-refractivity contribution is 7.98. The van der Waals surface area contributed by atoms with Crippen LogP contribution in [0.1, 0.15) is 24.9 Å². The lowest BCUT2D eigenvalue weighted by atomic mass is 10.1. The fourth-order valence-electron chi connectivity index (χ4n) is 0.957. The Morgan fingerprint density at radius 1 is 1.73 bits per heavy atom. The van der Waals surface area contributed by atoms with Crippen LogP contribution >= 0.6 is 11.8 Å². The van der Waals surface area contributed by atoms with Crippen LogP contribution in [0.25, 0.3) is 0 Å². The summed E-state index contributed by atoms with van der Waals surface area (Å²) in [5, 5.41) is 1.18. The van der Waals surface area contributed by atoms with Gasteiger partial charge in [-0.3, -0.25) is 0 Å². The zero-order valence-corrected chi connectivity index (χ0v) is 7.74. The first kappa shape index (κ1) is 8.68. The lowest BCUT2D eigenvalue weighted by molar-refractivity contribution is 0.699. The molecule has 1 aromatic rings. The molecule has 0 bridgehead atoms. The minimum Gasteiger partial charge on any atom is -0.356 e. The normalized spacial score (nSPS) is 13.4. The number of hydrogen-bond donors (Lipinski definition) is 2. The summed E-state index contributed by atoms with van der Waals surface area (Å²) in [6.07, 6.45) is 5.03. The van der Waals surface area contributed by atoms with Crippen molar-refractivity contribution < 1.29 is 0 Å². The van der Waals surface area contributed by atoms with Gasteiger partial charge in [0.1, 0.15) is 0 Å². The van der Waals surface area contributed by atoms with Crippen molar-refractivity contribution in [3.05, 3.63) is 17.8 Å². The summed E-state index contributed by atoms with van der Waals surface area (Å²) in [6.45, 7) is 2.09. The highest BCUT2D eigenvalue weighted by Crippen LogP contribution is 2.19. The third-order valence-corrected chi connectivity index (χ3v) is 2.44. The smallest absolute Gasteiger partial charge is 0.0722 e. The van der Waals surface area contributed by atoms with Gasteiger partial charge in [0.25, 0.3) is 0 Å². The van der Waals surface area contributed by atoms with Crippen LogP contribution in [0.3, 0.4) is 0 Å². The Bertz CT molecular complexity index is 220. The molecule has 62 valence electrons. The molecule has 0 saturated carbocycles. The standard InChI is InChI=1S/C8H14N2S/c1-3-7(9)6-4-8(11-2)10-5-6/h4-5,7,10H,3,9H2,1-2H3/t7-/m0/s1. The number of thioether (sulfide) groups is 1. The predicted octanol–water partition coefficient (Wildman–Crippen LogP) is 2.15. The van der Waals surface area contributed by atoms with Crippen LogP contribution in [0.2, 0.25) is 0 Å². The molecule has 0 spiro atoms. The molecule has 0 aliphatic carbocycles. The van der Waals surface area contributed by atoms with Gasteiger partial charge in [0.05, 0.1) is 5.03 Å². The largest absolute Gasteiger partial charge is 0.356 e.